The van der Waals surface area contributed by atoms with Crippen LogP contribution in [0, 0.1) is 5.92 Å². The fraction of sp³-hybridized carbons (Fsp3) is 0.440. The van der Waals surface area contributed by atoms with Gasteiger partial charge in [0.2, 0.25) is 5.91 Å². The number of nitrogens with zero attached hydrogens (tertiary/aromatic N) is 3. The van der Waals surface area contributed by atoms with E-state index in [2.05, 4.69) is 59.0 Å². The Kier molecular flexibility index (Phi) is 6.48. The zero-order valence-corrected chi connectivity index (χ0v) is 18.1. The highest BCUT2D eigenvalue weighted by Crippen LogP contribution is 2.23. The molecule has 0 saturated carbocycles. The standard InChI is InChI=1S/C25H32N4O/c1-3-8-19-12-14-21(15-13-19)26-25(30)20-9-7-16-28(17-20)18-24-27-22-10-5-6-11-23(22)29(24)4-2/h5-6,10-15,20H,3-4,7-9,16-18H2,1-2H3,(H,26,30)/t20-/m0/s1. The highest BCUT2D eigenvalue weighted by molar-refractivity contribution is 5.92. The number of rotatable bonds is 7. The van der Waals surface area contributed by atoms with Crippen LogP contribution in [0.3, 0.4) is 0 Å². The van der Waals surface area contributed by atoms with Crippen molar-refractivity contribution in [2.75, 3.05) is 18.4 Å². The van der Waals surface area contributed by atoms with Crippen molar-refractivity contribution in [2.45, 2.75) is 52.6 Å². The van der Waals surface area contributed by atoms with Crippen molar-refractivity contribution in [2.24, 2.45) is 5.92 Å². The number of carbonyl (C=O) groups excluding carboxylic acids is 1. The van der Waals surface area contributed by atoms with Crippen molar-refractivity contribution >= 4 is 22.6 Å². The number of imidazole rings is 1. The van der Waals surface area contributed by atoms with E-state index in [9.17, 15) is 4.79 Å². The third-order valence-electron chi connectivity index (χ3n) is 6.05. The normalized spacial score (nSPS) is 17.3. The van der Waals surface area contributed by atoms with E-state index in [0.717, 1.165) is 68.9 Å². The number of hydrogen-bond acceptors (Lipinski definition) is 3. The minimum atomic E-state index is 0.0218. The molecule has 0 bridgehead atoms. The molecule has 1 aliphatic rings. The summed E-state index contributed by atoms with van der Waals surface area (Å²) in [5.74, 6) is 1.24. The first-order valence-electron chi connectivity index (χ1n) is 11.2. The van der Waals surface area contributed by atoms with Crippen LogP contribution in [0.5, 0.6) is 0 Å². The molecule has 2 aromatic carbocycles. The summed E-state index contributed by atoms with van der Waals surface area (Å²) < 4.78 is 2.29. The molecule has 0 radical (unpaired) electrons. The van der Waals surface area contributed by atoms with Gasteiger partial charge in [-0.1, -0.05) is 37.6 Å². The lowest BCUT2D eigenvalue weighted by molar-refractivity contribution is -0.121. The maximum Gasteiger partial charge on any atom is 0.228 e. The average Bonchev–Trinajstić information content (AvgIpc) is 3.12. The van der Waals surface area contributed by atoms with Crippen molar-refractivity contribution < 1.29 is 4.79 Å². The van der Waals surface area contributed by atoms with Crippen LogP contribution in [-0.2, 0) is 24.3 Å². The maximum atomic E-state index is 12.9. The number of fused-ring (bicyclic) bond motifs is 1. The number of benzene rings is 2. The van der Waals surface area contributed by atoms with Gasteiger partial charge in [-0.2, -0.15) is 0 Å². The van der Waals surface area contributed by atoms with Gasteiger partial charge < -0.3 is 9.88 Å². The Morgan fingerprint density at radius 1 is 1.13 bits per heavy atom. The van der Waals surface area contributed by atoms with Crippen LogP contribution >= 0.6 is 0 Å². The number of nitrogens with one attached hydrogen (secondary N) is 1. The number of amides is 1. The molecule has 4 rings (SSSR count). The Balaban J connectivity index is 1.40. The van der Waals surface area contributed by atoms with Gasteiger partial charge in [-0.3, -0.25) is 9.69 Å². The van der Waals surface area contributed by atoms with Crippen molar-refractivity contribution in [3.05, 3.63) is 59.9 Å². The molecule has 0 unspecified atom stereocenters. The largest absolute Gasteiger partial charge is 0.327 e. The molecule has 3 aromatic rings. The van der Waals surface area contributed by atoms with Crippen LogP contribution in [0.25, 0.3) is 11.0 Å². The summed E-state index contributed by atoms with van der Waals surface area (Å²) in [7, 11) is 0. The summed E-state index contributed by atoms with van der Waals surface area (Å²) in [5, 5.41) is 3.12. The van der Waals surface area contributed by atoms with E-state index >= 15 is 0 Å². The smallest absolute Gasteiger partial charge is 0.228 e. The van der Waals surface area contributed by atoms with E-state index < -0.39 is 0 Å². The second kappa shape index (κ2) is 9.43. The van der Waals surface area contributed by atoms with Crippen molar-refractivity contribution in [1.29, 1.82) is 0 Å². The van der Waals surface area contributed by atoms with Crippen LogP contribution in [0.15, 0.2) is 48.5 Å². The predicted octanol–water partition coefficient (Wildman–Crippen LogP) is 4.86. The van der Waals surface area contributed by atoms with E-state index in [0.29, 0.717) is 0 Å². The molecule has 1 fully saturated rings. The van der Waals surface area contributed by atoms with E-state index in [1.165, 1.54) is 11.1 Å². The number of aromatic nitrogens is 2. The lowest BCUT2D eigenvalue weighted by atomic mass is 9.97. The van der Waals surface area contributed by atoms with E-state index in [1.807, 2.05) is 18.2 Å². The number of para-hydroxylation sites is 2. The number of anilines is 1. The van der Waals surface area contributed by atoms with Gasteiger partial charge in [0.1, 0.15) is 5.82 Å². The first kappa shape index (κ1) is 20.6. The molecular formula is C25H32N4O. The summed E-state index contributed by atoms with van der Waals surface area (Å²) >= 11 is 0. The van der Waals surface area contributed by atoms with E-state index in [4.69, 9.17) is 4.98 Å². The Bertz CT molecular complexity index is 992. The molecule has 1 N–H and O–H groups in total. The molecule has 158 valence electrons. The topological polar surface area (TPSA) is 50.2 Å². The molecule has 1 amide bonds. The van der Waals surface area contributed by atoms with Crippen molar-refractivity contribution in [3.8, 4) is 0 Å². The van der Waals surface area contributed by atoms with Gasteiger partial charge in [0.05, 0.1) is 23.5 Å². The molecule has 30 heavy (non-hydrogen) atoms. The van der Waals surface area contributed by atoms with Gasteiger partial charge in [-0.05, 0) is 62.6 Å². The number of carbonyl (C=O) groups is 1. The zero-order chi connectivity index (χ0) is 20.9. The fourth-order valence-corrected chi connectivity index (χ4v) is 4.50. The Hall–Kier alpha value is -2.66. The van der Waals surface area contributed by atoms with Gasteiger partial charge in [0, 0.05) is 18.8 Å². The van der Waals surface area contributed by atoms with Gasteiger partial charge in [-0.15, -0.1) is 0 Å². The molecule has 1 aliphatic heterocycles. The maximum absolute atomic E-state index is 12.9. The van der Waals surface area contributed by atoms with Crippen molar-refractivity contribution in [1.82, 2.24) is 14.5 Å². The van der Waals surface area contributed by atoms with Gasteiger partial charge in [0.15, 0.2) is 0 Å². The van der Waals surface area contributed by atoms with Crippen LogP contribution in [0.4, 0.5) is 5.69 Å². The summed E-state index contributed by atoms with van der Waals surface area (Å²) in [6.45, 7) is 7.84. The Morgan fingerprint density at radius 3 is 2.70 bits per heavy atom. The predicted molar refractivity (Wildman–Crippen MR) is 122 cm³/mol. The average molecular weight is 405 g/mol. The lowest BCUT2D eigenvalue weighted by Gasteiger charge is -2.31. The van der Waals surface area contributed by atoms with Crippen molar-refractivity contribution in [3.63, 3.8) is 0 Å². The highest BCUT2D eigenvalue weighted by Gasteiger charge is 2.27. The fourth-order valence-electron chi connectivity index (χ4n) is 4.50. The molecule has 1 aromatic heterocycles. The Labute approximate surface area is 179 Å². The number of piperidine rings is 1. The quantitative estimate of drug-likeness (QED) is 0.612. The van der Waals surface area contributed by atoms with Gasteiger partial charge in [0.25, 0.3) is 0 Å². The molecule has 2 heterocycles. The van der Waals surface area contributed by atoms with E-state index in [1.54, 1.807) is 0 Å². The summed E-state index contributed by atoms with van der Waals surface area (Å²) in [5.41, 5.74) is 4.45. The van der Waals surface area contributed by atoms with Crippen LogP contribution in [-0.4, -0.2) is 33.4 Å². The molecule has 5 nitrogen and oxygen atoms in total. The third kappa shape index (κ3) is 4.57. The summed E-state index contributed by atoms with van der Waals surface area (Å²) in [6.07, 6.45) is 4.20. The van der Waals surface area contributed by atoms with Crippen LogP contribution < -0.4 is 5.32 Å². The number of aryl methyl sites for hydroxylation is 2. The number of hydrogen-bond donors (Lipinski definition) is 1. The summed E-state index contributed by atoms with van der Waals surface area (Å²) in [6, 6.07) is 16.6. The number of likely N-dealkylation sites (tertiary alicyclic amines) is 1. The SMILES string of the molecule is CCCc1ccc(NC(=O)[C@H]2CCCN(Cc3nc4ccccc4n3CC)C2)cc1. The summed E-state index contributed by atoms with van der Waals surface area (Å²) in [4.78, 5) is 20.1. The zero-order valence-electron chi connectivity index (χ0n) is 18.1. The molecule has 1 atom stereocenters. The second-order valence-corrected chi connectivity index (χ2v) is 8.27. The molecule has 1 saturated heterocycles. The van der Waals surface area contributed by atoms with Crippen LogP contribution in [0.1, 0.15) is 44.5 Å². The Morgan fingerprint density at radius 2 is 1.93 bits per heavy atom. The minimum Gasteiger partial charge on any atom is -0.327 e. The molecule has 0 spiro atoms. The molecule has 0 aliphatic carbocycles. The van der Waals surface area contributed by atoms with Crippen LogP contribution in [0.2, 0.25) is 0 Å². The minimum absolute atomic E-state index is 0.0218. The first-order valence-corrected chi connectivity index (χ1v) is 11.2. The van der Waals surface area contributed by atoms with Gasteiger partial charge >= 0.3 is 0 Å². The lowest BCUT2D eigenvalue weighted by Crippen LogP contribution is -2.40. The highest BCUT2D eigenvalue weighted by atomic mass is 16.1. The second-order valence-electron chi connectivity index (χ2n) is 8.27. The van der Waals surface area contributed by atoms with E-state index in [-0.39, 0.29) is 11.8 Å². The molecule has 5 heteroatoms. The molecular weight excluding hydrogens is 372 g/mol. The van der Waals surface area contributed by atoms with Gasteiger partial charge in [-0.25, -0.2) is 4.98 Å². The first-order chi connectivity index (χ1) is 14.7. The third-order valence-corrected chi connectivity index (χ3v) is 6.05. The monoisotopic (exact) mass is 404 g/mol.